The van der Waals surface area contributed by atoms with Crippen LogP contribution in [0.15, 0.2) is 18.2 Å². The Kier molecular flexibility index (Phi) is 5.83. The van der Waals surface area contributed by atoms with Crippen molar-refractivity contribution in [2.45, 2.75) is 52.6 Å². The number of hydrogen-bond acceptors (Lipinski definition) is 2. The van der Waals surface area contributed by atoms with Crippen LogP contribution in [0.5, 0.6) is 0 Å². The molecule has 2 nitrogen and oxygen atoms in total. The summed E-state index contributed by atoms with van der Waals surface area (Å²) in [5.41, 5.74) is 3.94. The van der Waals surface area contributed by atoms with E-state index in [1.165, 1.54) is 16.7 Å². The molecular formula is C16H26O2. The highest BCUT2D eigenvalue weighted by Crippen LogP contribution is 2.19. The fraction of sp³-hybridized carbons (Fsp3) is 0.625. The molecule has 0 unspecified atom stereocenters. The molecule has 0 fully saturated rings. The van der Waals surface area contributed by atoms with Gasteiger partial charge in [-0.05, 0) is 52.5 Å². The Morgan fingerprint density at radius 1 is 1.11 bits per heavy atom. The lowest BCUT2D eigenvalue weighted by Gasteiger charge is -2.25. The first-order valence-corrected chi connectivity index (χ1v) is 6.75. The van der Waals surface area contributed by atoms with Gasteiger partial charge >= 0.3 is 0 Å². The van der Waals surface area contributed by atoms with Crippen molar-refractivity contribution in [3.05, 3.63) is 34.9 Å². The van der Waals surface area contributed by atoms with E-state index < -0.39 is 0 Å². The van der Waals surface area contributed by atoms with Crippen LogP contribution in [-0.2, 0) is 11.2 Å². The second kappa shape index (κ2) is 6.91. The summed E-state index contributed by atoms with van der Waals surface area (Å²) in [6.45, 7) is 8.99. The Morgan fingerprint density at radius 2 is 1.72 bits per heavy atom. The number of benzene rings is 1. The molecule has 0 radical (unpaired) electrons. The molecular weight excluding hydrogens is 224 g/mol. The average Bonchev–Trinajstić information content (AvgIpc) is 2.25. The fourth-order valence-electron chi connectivity index (χ4n) is 2.33. The summed E-state index contributed by atoms with van der Waals surface area (Å²) in [6, 6.07) is 6.72. The molecule has 1 aromatic rings. The maximum absolute atomic E-state index is 8.77. The van der Waals surface area contributed by atoms with Crippen molar-refractivity contribution in [2.75, 3.05) is 13.2 Å². The van der Waals surface area contributed by atoms with Crippen LogP contribution >= 0.6 is 0 Å². The minimum Gasteiger partial charge on any atom is -0.394 e. The van der Waals surface area contributed by atoms with Gasteiger partial charge in [0.1, 0.15) is 0 Å². The monoisotopic (exact) mass is 250 g/mol. The summed E-state index contributed by atoms with van der Waals surface area (Å²) in [5.74, 6) is 0. The van der Waals surface area contributed by atoms with Gasteiger partial charge in [-0.25, -0.2) is 0 Å². The van der Waals surface area contributed by atoms with Crippen LogP contribution in [0.25, 0.3) is 0 Å². The number of aliphatic hydroxyl groups is 1. The smallest absolute Gasteiger partial charge is 0.0704 e. The van der Waals surface area contributed by atoms with E-state index in [9.17, 15) is 0 Å². The van der Waals surface area contributed by atoms with Crippen molar-refractivity contribution >= 4 is 0 Å². The second-order valence-corrected chi connectivity index (χ2v) is 5.68. The highest BCUT2D eigenvalue weighted by Gasteiger charge is 2.17. The molecule has 0 aliphatic carbocycles. The van der Waals surface area contributed by atoms with E-state index in [2.05, 4.69) is 45.9 Å². The van der Waals surface area contributed by atoms with Crippen molar-refractivity contribution < 1.29 is 9.84 Å². The maximum Gasteiger partial charge on any atom is 0.0704 e. The zero-order chi connectivity index (χ0) is 13.6. The fourth-order valence-corrected chi connectivity index (χ4v) is 2.33. The quantitative estimate of drug-likeness (QED) is 0.803. The van der Waals surface area contributed by atoms with E-state index in [4.69, 9.17) is 9.84 Å². The Balaban J connectivity index is 2.41. The molecule has 1 aromatic carbocycles. The van der Waals surface area contributed by atoms with Crippen LogP contribution in [-0.4, -0.2) is 23.9 Å². The van der Waals surface area contributed by atoms with Crippen LogP contribution in [0.1, 0.15) is 43.4 Å². The summed E-state index contributed by atoms with van der Waals surface area (Å²) in [4.78, 5) is 0. The molecule has 0 saturated carbocycles. The van der Waals surface area contributed by atoms with E-state index in [-0.39, 0.29) is 12.2 Å². The lowest BCUT2D eigenvalue weighted by Crippen LogP contribution is -2.26. The van der Waals surface area contributed by atoms with Crippen molar-refractivity contribution in [2.24, 2.45) is 0 Å². The average molecular weight is 250 g/mol. The van der Waals surface area contributed by atoms with Gasteiger partial charge in [0, 0.05) is 0 Å². The highest BCUT2D eigenvalue weighted by molar-refractivity contribution is 5.28. The molecule has 18 heavy (non-hydrogen) atoms. The highest BCUT2D eigenvalue weighted by atomic mass is 16.5. The summed E-state index contributed by atoms with van der Waals surface area (Å²) in [7, 11) is 0. The van der Waals surface area contributed by atoms with Crippen LogP contribution in [0.3, 0.4) is 0 Å². The van der Waals surface area contributed by atoms with E-state index in [1.807, 2.05) is 0 Å². The predicted molar refractivity (Wildman–Crippen MR) is 76.0 cm³/mol. The van der Waals surface area contributed by atoms with Gasteiger partial charge in [0.15, 0.2) is 0 Å². The summed E-state index contributed by atoms with van der Waals surface area (Å²) in [6.07, 6.45) is 3.22. The van der Waals surface area contributed by atoms with Gasteiger partial charge in [0.2, 0.25) is 0 Å². The first kappa shape index (κ1) is 15.2. The minimum atomic E-state index is -0.137. The molecule has 102 valence electrons. The van der Waals surface area contributed by atoms with E-state index in [1.54, 1.807) is 0 Å². The molecule has 0 heterocycles. The minimum absolute atomic E-state index is 0.0977. The summed E-state index contributed by atoms with van der Waals surface area (Å²) >= 11 is 0. The number of ether oxygens (including phenoxy) is 1. The summed E-state index contributed by atoms with van der Waals surface area (Å²) in [5, 5.41) is 8.77. The Labute approximate surface area is 111 Å². The molecule has 0 aliphatic heterocycles. The zero-order valence-corrected chi connectivity index (χ0v) is 12.1. The third-order valence-electron chi connectivity index (χ3n) is 3.11. The molecule has 0 amide bonds. The molecule has 2 heteroatoms. The predicted octanol–water partition coefficient (Wildman–Crippen LogP) is 3.41. The molecule has 0 saturated heterocycles. The third-order valence-corrected chi connectivity index (χ3v) is 3.11. The van der Waals surface area contributed by atoms with Crippen molar-refractivity contribution in [3.63, 3.8) is 0 Å². The first-order valence-electron chi connectivity index (χ1n) is 6.75. The molecule has 0 spiro atoms. The second-order valence-electron chi connectivity index (χ2n) is 5.68. The normalized spacial score (nSPS) is 11.8. The lowest BCUT2D eigenvalue weighted by molar-refractivity contribution is -0.0390. The van der Waals surface area contributed by atoms with Gasteiger partial charge in [0.05, 0.1) is 18.8 Å². The van der Waals surface area contributed by atoms with Gasteiger partial charge in [-0.3, -0.25) is 0 Å². The molecule has 0 aromatic heterocycles. The topological polar surface area (TPSA) is 29.5 Å². The largest absolute Gasteiger partial charge is 0.394 e. The van der Waals surface area contributed by atoms with Crippen LogP contribution in [0.2, 0.25) is 0 Å². The van der Waals surface area contributed by atoms with Crippen LogP contribution in [0, 0.1) is 13.8 Å². The zero-order valence-electron chi connectivity index (χ0n) is 12.1. The Hall–Kier alpha value is -0.860. The van der Waals surface area contributed by atoms with Crippen molar-refractivity contribution in [1.29, 1.82) is 0 Å². The van der Waals surface area contributed by atoms with Gasteiger partial charge in [0.25, 0.3) is 0 Å². The van der Waals surface area contributed by atoms with Crippen LogP contribution in [0.4, 0.5) is 0 Å². The van der Waals surface area contributed by atoms with Gasteiger partial charge in [-0.15, -0.1) is 0 Å². The molecule has 0 aliphatic rings. The molecule has 0 bridgehead atoms. The van der Waals surface area contributed by atoms with E-state index >= 15 is 0 Å². The van der Waals surface area contributed by atoms with Gasteiger partial charge in [-0.1, -0.05) is 29.3 Å². The van der Waals surface area contributed by atoms with Crippen molar-refractivity contribution in [1.82, 2.24) is 0 Å². The number of rotatable bonds is 7. The molecule has 0 atom stereocenters. The Bertz CT molecular complexity index is 349. The lowest BCUT2D eigenvalue weighted by atomic mass is 9.97. The van der Waals surface area contributed by atoms with E-state index in [0.29, 0.717) is 6.61 Å². The molecule has 1 N–H and O–H groups in total. The number of aryl methyl sites for hydroxylation is 3. The number of aliphatic hydroxyl groups excluding tert-OH is 1. The molecule has 1 rings (SSSR count). The Morgan fingerprint density at radius 3 is 2.28 bits per heavy atom. The maximum atomic E-state index is 8.77. The first-order chi connectivity index (χ1) is 8.43. The SMILES string of the molecule is Cc1cc(C)cc(CCCC(C)(C)OCCO)c1. The standard InChI is InChI=1S/C16H26O2/c1-13-10-14(2)12-15(11-13)6-5-7-16(3,4)18-9-8-17/h10-12,17H,5-9H2,1-4H3. The van der Waals surface area contributed by atoms with Crippen LogP contribution < -0.4 is 0 Å². The van der Waals surface area contributed by atoms with Crippen molar-refractivity contribution in [3.8, 4) is 0 Å². The summed E-state index contributed by atoms with van der Waals surface area (Å²) < 4.78 is 5.61. The third kappa shape index (κ3) is 5.65. The number of hydrogen-bond donors (Lipinski definition) is 1. The van der Waals surface area contributed by atoms with Gasteiger partial charge < -0.3 is 9.84 Å². The van der Waals surface area contributed by atoms with E-state index in [0.717, 1.165) is 19.3 Å². The van der Waals surface area contributed by atoms with Gasteiger partial charge in [-0.2, -0.15) is 0 Å².